The molecule has 0 spiro atoms. The number of benzene rings is 1. The van der Waals surface area contributed by atoms with Crippen molar-refractivity contribution in [2.45, 2.75) is 37.7 Å². The van der Waals surface area contributed by atoms with Crippen LogP contribution in [0.5, 0.6) is 5.75 Å². The lowest BCUT2D eigenvalue weighted by Crippen LogP contribution is -2.37. The molecule has 6 heteroatoms. The smallest absolute Gasteiger partial charge is 0.246 e. The van der Waals surface area contributed by atoms with Gasteiger partial charge in [0.15, 0.2) is 0 Å². The monoisotopic (exact) mass is 313 g/mol. The molecule has 0 bridgehead atoms. The van der Waals surface area contributed by atoms with Gasteiger partial charge in [0.2, 0.25) is 10.0 Å². The maximum atomic E-state index is 12.9. The van der Waals surface area contributed by atoms with Crippen LogP contribution in [0.2, 0.25) is 0 Å². The fraction of sp³-hybridized carbons (Fsp3) is 0.600. The van der Waals surface area contributed by atoms with E-state index in [2.05, 4.69) is 0 Å². The molecule has 0 atom stereocenters. The summed E-state index contributed by atoms with van der Waals surface area (Å²) in [5.41, 5.74) is 0.564. The average Bonchev–Trinajstić information content (AvgIpc) is 2.45. The average molecular weight is 313 g/mol. The quantitative estimate of drug-likeness (QED) is 0.836. The number of aliphatic hydroxyl groups excluding tert-OH is 1. The lowest BCUT2D eigenvalue weighted by Gasteiger charge is -2.31. The van der Waals surface area contributed by atoms with Crippen molar-refractivity contribution < 1.29 is 18.3 Å². The third kappa shape index (κ3) is 3.39. The Labute approximate surface area is 126 Å². The minimum Gasteiger partial charge on any atom is -0.495 e. The van der Waals surface area contributed by atoms with E-state index in [1.807, 2.05) is 6.92 Å². The first-order valence-corrected chi connectivity index (χ1v) is 8.74. The Morgan fingerprint density at radius 1 is 1.38 bits per heavy atom. The summed E-state index contributed by atoms with van der Waals surface area (Å²) in [5, 5.41) is 9.23. The van der Waals surface area contributed by atoms with E-state index in [0.29, 0.717) is 30.3 Å². The van der Waals surface area contributed by atoms with Gasteiger partial charge in [-0.25, -0.2) is 8.42 Å². The predicted octanol–water partition coefficient (Wildman–Crippen LogP) is 2.00. The number of nitrogens with zero attached hydrogens (tertiary/aromatic N) is 1. The van der Waals surface area contributed by atoms with E-state index >= 15 is 0 Å². The van der Waals surface area contributed by atoms with Gasteiger partial charge in [0.1, 0.15) is 10.6 Å². The minimum atomic E-state index is -3.60. The molecule has 1 fully saturated rings. The largest absolute Gasteiger partial charge is 0.495 e. The van der Waals surface area contributed by atoms with Crippen molar-refractivity contribution in [1.82, 2.24) is 4.31 Å². The van der Waals surface area contributed by atoms with Gasteiger partial charge in [-0.15, -0.1) is 0 Å². The first-order valence-electron chi connectivity index (χ1n) is 7.30. The van der Waals surface area contributed by atoms with Gasteiger partial charge in [0, 0.05) is 13.1 Å². The van der Waals surface area contributed by atoms with E-state index < -0.39 is 10.0 Å². The molecule has 0 amide bonds. The molecule has 5 nitrogen and oxygen atoms in total. The van der Waals surface area contributed by atoms with Gasteiger partial charge in [0.25, 0.3) is 0 Å². The summed E-state index contributed by atoms with van der Waals surface area (Å²) in [4.78, 5) is 0.137. The molecule has 21 heavy (non-hydrogen) atoms. The van der Waals surface area contributed by atoms with Gasteiger partial charge in [-0.2, -0.15) is 4.31 Å². The van der Waals surface area contributed by atoms with Crippen LogP contribution in [0.25, 0.3) is 0 Å². The van der Waals surface area contributed by atoms with Gasteiger partial charge in [-0.3, -0.25) is 0 Å². The summed E-state index contributed by atoms with van der Waals surface area (Å²) in [7, 11) is -2.15. The molecule has 0 aliphatic heterocycles. The van der Waals surface area contributed by atoms with Crippen LogP contribution >= 0.6 is 0 Å². The number of hydrogen-bond donors (Lipinski definition) is 1. The zero-order chi connectivity index (χ0) is 15.5. The van der Waals surface area contributed by atoms with Crippen LogP contribution in [-0.4, -0.2) is 38.0 Å². The first kappa shape index (κ1) is 16.3. The van der Waals surface area contributed by atoms with Gasteiger partial charge >= 0.3 is 0 Å². The lowest BCUT2D eigenvalue weighted by molar-refractivity contribution is 0.249. The minimum absolute atomic E-state index is 0.137. The predicted molar refractivity (Wildman–Crippen MR) is 80.7 cm³/mol. The van der Waals surface area contributed by atoms with Gasteiger partial charge in [0.05, 0.1) is 13.7 Å². The molecule has 0 aromatic heterocycles. The van der Waals surface area contributed by atoms with Crippen molar-refractivity contribution in [2.24, 2.45) is 5.92 Å². The Bertz CT molecular complexity index is 581. The van der Waals surface area contributed by atoms with E-state index in [4.69, 9.17) is 4.74 Å². The molecule has 1 N–H and O–H groups in total. The molecule has 2 rings (SSSR count). The zero-order valence-corrected chi connectivity index (χ0v) is 13.4. The van der Waals surface area contributed by atoms with Crippen LogP contribution in [0.3, 0.4) is 0 Å². The maximum absolute atomic E-state index is 12.9. The highest BCUT2D eigenvalue weighted by molar-refractivity contribution is 7.89. The summed E-state index contributed by atoms with van der Waals surface area (Å²) in [5.74, 6) is 0.783. The molecule has 1 aromatic carbocycles. The van der Waals surface area contributed by atoms with Crippen molar-refractivity contribution in [3.8, 4) is 5.75 Å². The number of aliphatic hydroxyl groups is 1. The highest BCUT2D eigenvalue weighted by atomic mass is 32.2. The highest BCUT2D eigenvalue weighted by Gasteiger charge is 2.30. The highest BCUT2D eigenvalue weighted by Crippen LogP contribution is 2.32. The van der Waals surface area contributed by atoms with Crippen LogP contribution in [0, 0.1) is 5.92 Å². The van der Waals surface area contributed by atoms with Gasteiger partial charge in [-0.1, -0.05) is 19.4 Å². The van der Waals surface area contributed by atoms with E-state index in [0.717, 1.165) is 12.8 Å². The lowest BCUT2D eigenvalue weighted by atomic mass is 9.85. The second kappa shape index (κ2) is 6.77. The van der Waals surface area contributed by atoms with E-state index in [9.17, 15) is 13.5 Å². The molecule has 0 saturated heterocycles. The third-order valence-corrected chi connectivity index (χ3v) is 6.03. The van der Waals surface area contributed by atoms with Crippen LogP contribution in [0.4, 0.5) is 0 Å². The molecule has 0 unspecified atom stereocenters. The summed E-state index contributed by atoms with van der Waals surface area (Å²) in [6.07, 6.45) is 3.38. The summed E-state index contributed by atoms with van der Waals surface area (Å²) in [6.45, 7) is 2.65. The van der Waals surface area contributed by atoms with Crippen LogP contribution in [0.1, 0.15) is 31.7 Å². The SMILES string of the molecule is CCN(CC1CCC1)S(=O)(=O)c1cc(CO)ccc1OC. The normalized spacial score (nSPS) is 16.0. The van der Waals surface area contributed by atoms with E-state index in [-0.39, 0.29) is 11.5 Å². The molecule has 1 aromatic rings. The fourth-order valence-corrected chi connectivity index (χ4v) is 4.25. The molecular formula is C15H23NO4S. The van der Waals surface area contributed by atoms with Crippen molar-refractivity contribution in [3.05, 3.63) is 23.8 Å². The number of ether oxygens (including phenoxy) is 1. The summed E-state index contributed by atoms with van der Waals surface area (Å²) in [6, 6.07) is 4.76. The Kier molecular flexibility index (Phi) is 5.24. The number of sulfonamides is 1. The standard InChI is InChI=1S/C15H23NO4S/c1-3-16(10-12-5-4-6-12)21(18,19)15-9-13(11-17)7-8-14(15)20-2/h7-9,12,17H,3-6,10-11H2,1-2H3. The Morgan fingerprint density at radius 3 is 2.57 bits per heavy atom. The molecule has 0 heterocycles. The third-order valence-electron chi connectivity index (χ3n) is 4.07. The summed E-state index contributed by atoms with van der Waals surface area (Å²) < 4.78 is 32.4. The maximum Gasteiger partial charge on any atom is 0.246 e. The molecular weight excluding hydrogens is 290 g/mol. The second-order valence-electron chi connectivity index (χ2n) is 5.40. The van der Waals surface area contributed by atoms with Crippen molar-refractivity contribution in [3.63, 3.8) is 0 Å². The Balaban J connectivity index is 2.35. The molecule has 1 aliphatic carbocycles. The van der Waals surface area contributed by atoms with Crippen LogP contribution < -0.4 is 4.74 Å². The van der Waals surface area contributed by atoms with Crippen molar-refractivity contribution in [1.29, 1.82) is 0 Å². The van der Waals surface area contributed by atoms with E-state index in [1.165, 1.54) is 23.9 Å². The second-order valence-corrected chi connectivity index (χ2v) is 7.30. The summed E-state index contributed by atoms with van der Waals surface area (Å²) >= 11 is 0. The van der Waals surface area contributed by atoms with Crippen molar-refractivity contribution >= 4 is 10.0 Å². The molecule has 118 valence electrons. The Morgan fingerprint density at radius 2 is 2.10 bits per heavy atom. The van der Waals surface area contributed by atoms with E-state index in [1.54, 1.807) is 12.1 Å². The molecule has 1 saturated carbocycles. The topological polar surface area (TPSA) is 66.8 Å². The van der Waals surface area contributed by atoms with Crippen LogP contribution in [0.15, 0.2) is 23.1 Å². The molecule has 0 radical (unpaired) electrons. The zero-order valence-electron chi connectivity index (χ0n) is 12.6. The number of hydrogen-bond acceptors (Lipinski definition) is 4. The number of methoxy groups -OCH3 is 1. The van der Waals surface area contributed by atoms with Crippen LogP contribution in [-0.2, 0) is 16.6 Å². The van der Waals surface area contributed by atoms with Gasteiger partial charge < -0.3 is 9.84 Å². The fourth-order valence-electron chi connectivity index (χ4n) is 2.52. The number of rotatable bonds is 7. The first-order chi connectivity index (χ1) is 10.0. The molecule has 1 aliphatic rings. The Hall–Kier alpha value is -1.11. The van der Waals surface area contributed by atoms with Gasteiger partial charge in [-0.05, 0) is 36.5 Å². The van der Waals surface area contributed by atoms with Crippen molar-refractivity contribution in [2.75, 3.05) is 20.2 Å².